The van der Waals surface area contributed by atoms with Gasteiger partial charge in [-0.05, 0) is 18.3 Å². The lowest BCUT2D eigenvalue weighted by molar-refractivity contribution is 0.418. The van der Waals surface area contributed by atoms with Crippen LogP contribution in [0.15, 0.2) is 0 Å². The molecular formula is C10H21Br. The molecule has 0 saturated heterocycles. The van der Waals surface area contributed by atoms with Gasteiger partial charge in [-0.25, -0.2) is 0 Å². The summed E-state index contributed by atoms with van der Waals surface area (Å²) in [5.74, 6) is 1.83. The molecule has 2 atom stereocenters. The lowest BCUT2D eigenvalue weighted by Gasteiger charge is -2.12. The van der Waals surface area contributed by atoms with Crippen LogP contribution < -0.4 is 0 Å². The highest BCUT2D eigenvalue weighted by atomic mass is 79.9. The lowest BCUT2D eigenvalue weighted by Crippen LogP contribution is -1.99. The van der Waals surface area contributed by atoms with Crippen molar-refractivity contribution >= 4 is 15.9 Å². The molecule has 0 nitrogen and oxygen atoms in total. The Balaban J connectivity index is 3.22. The minimum atomic E-state index is 0.906. The third-order valence-electron chi connectivity index (χ3n) is 2.45. The average Bonchev–Trinajstić information content (AvgIpc) is 2.01. The zero-order valence-electron chi connectivity index (χ0n) is 8.07. The Labute approximate surface area is 79.9 Å². The molecule has 0 saturated carbocycles. The molecule has 0 radical (unpaired) electrons. The fourth-order valence-electron chi connectivity index (χ4n) is 1.10. The van der Waals surface area contributed by atoms with Crippen molar-refractivity contribution in [2.24, 2.45) is 11.8 Å². The standard InChI is InChI=1S/C10H21Br/c1-4-9(2)5-6-10(3)7-8-11/h9-10H,4-8H2,1-3H3. The molecule has 0 aliphatic rings. The molecule has 68 valence electrons. The minimum Gasteiger partial charge on any atom is -0.0928 e. The van der Waals surface area contributed by atoms with E-state index in [1.54, 1.807) is 0 Å². The summed E-state index contributed by atoms with van der Waals surface area (Å²) in [5.41, 5.74) is 0. The monoisotopic (exact) mass is 220 g/mol. The smallest absolute Gasteiger partial charge is 0.00338 e. The normalized spacial score (nSPS) is 16.4. The maximum absolute atomic E-state index is 3.47. The lowest BCUT2D eigenvalue weighted by atomic mass is 9.95. The van der Waals surface area contributed by atoms with E-state index in [1.807, 2.05) is 0 Å². The van der Waals surface area contributed by atoms with E-state index in [-0.39, 0.29) is 0 Å². The van der Waals surface area contributed by atoms with Crippen LogP contribution >= 0.6 is 15.9 Å². The summed E-state index contributed by atoms with van der Waals surface area (Å²) in [6.07, 6.45) is 5.47. The van der Waals surface area contributed by atoms with Gasteiger partial charge in [-0.3, -0.25) is 0 Å². The molecule has 0 aromatic rings. The first kappa shape index (κ1) is 11.5. The number of rotatable bonds is 6. The Morgan fingerprint density at radius 2 is 1.55 bits per heavy atom. The van der Waals surface area contributed by atoms with Gasteiger partial charge in [-0.15, -0.1) is 0 Å². The quantitative estimate of drug-likeness (QED) is 0.588. The maximum atomic E-state index is 3.47. The van der Waals surface area contributed by atoms with Crippen molar-refractivity contribution in [3.63, 3.8) is 0 Å². The van der Waals surface area contributed by atoms with Crippen LogP contribution in [0.25, 0.3) is 0 Å². The van der Waals surface area contributed by atoms with Gasteiger partial charge in [0.25, 0.3) is 0 Å². The van der Waals surface area contributed by atoms with Gasteiger partial charge >= 0.3 is 0 Å². The van der Waals surface area contributed by atoms with Gasteiger partial charge in [0.15, 0.2) is 0 Å². The van der Waals surface area contributed by atoms with Crippen molar-refractivity contribution in [1.82, 2.24) is 0 Å². The number of halogens is 1. The Morgan fingerprint density at radius 3 is 2.00 bits per heavy atom. The van der Waals surface area contributed by atoms with Crippen LogP contribution in [0.3, 0.4) is 0 Å². The van der Waals surface area contributed by atoms with E-state index >= 15 is 0 Å². The second-order valence-corrected chi connectivity index (χ2v) is 4.47. The molecule has 0 aliphatic heterocycles. The third-order valence-corrected chi connectivity index (χ3v) is 2.91. The SMILES string of the molecule is CCC(C)CCC(C)CCBr. The predicted octanol–water partition coefficient (Wildman–Crippen LogP) is 4.23. The molecule has 2 unspecified atom stereocenters. The van der Waals surface area contributed by atoms with Crippen LogP contribution in [0.5, 0.6) is 0 Å². The largest absolute Gasteiger partial charge is 0.0928 e. The van der Waals surface area contributed by atoms with Gasteiger partial charge in [0.2, 0.25) is 0 Å². The molecule has 0 aliphatic carbocycles. The maximum Gasteiger partial charge on any atom is 0.00338 e. The molecule has 0 aromatic carbocycles. The van der Waals surface area contributed by atoms with Gasteiger partial charge in [0.05, 0.1) is 0 Å². The highest BCUT2D eigenvalue weighted by molar-refractivity contribution is 9.09. The molecule has 0 amide bonds. The summed E-state index contributed by atoms with van der Waals surface area (Å²) in [7, 11) is 0. The Morgan fingerprint density at radius 1 is 1.00 bits per heavy atom. The first-order chi connectivity index (χ1) is 5.20. The Bertz CT molecular complexity index is 80.9. The predicted molar refractivity (Wildman–Crippen MR) is 56.3 cm³/mol. The van der Waals surface area contributed by atoms with Crippen molar-refractivity contribution in [3.8, 4) is 0 Å². The van der Waals surface area contributed by atoms with Gasteiger partial charge in [0, 0.05) is 5.33 Å². The summed E-state index contributed by atoms with van der Waals surface area (Å²) in [5, 5.41) is 1.16. The van der Waals surface area contributed by atoms with Crippen molar-refractivity contribution < 1.29 is 0 Å². The molecule has 11 heavy (non-hydrogen) atoms. The van der Waals surface area contributed by atoms with Crippen molar-refractivity contribution in [3.05, 3.63) is 0 Å². The van der Waals surface area contributed by atoms with Crippen LogP contribution in [0.2, 0.25) is 0 Å². The number of hydrogen-bond acceptors (Lipinski definition) is 0. The fourth-order valence-corrected chi connectivity index (χ4v) is 1.89. The zero-order chi connectivity index (χ0) is 8.69. The molecule has 0 rings (SSSR count). The van der Waals surface area contributed by atoms with Gasteiger partial charge < -0.3 is 0 Å². The van der Waals surface area contributed by atoms with Crippen LogP contribution in [-0.2, 0) is 0 Å². The molecular weight excluding hydrogens is 200 g/mol. The van der Waals surface area contributed by atoms with E-state index in [1.165, 1.54) is 25.7 Å². The first-order valence-corrected chi connectivity index (χ1v) is 5.88. The minimum absolute atomic E-state index is 0.906. The van der Waals surface area contributed by atoms with E-state index in [4.69, 9.17) is 0 Å². The van der Waals surface area contributed by atoms with Crippen molar-refractivity contribution in [1.29, 1.82) is 0 Å². The van der Waals surface area contributed by atoms with Crippen molar-refractivity contribution in [2.75, 3.05) is 5.33 Å². The van der Waals surface area contributed by atoms with Crippen LogP contribution in [-0.4, -0.2) is 5.33 Å². The second-order valence-electron chi connectivity index (χ2n) is 3.67. The topological polar surface area (TPSA) is 0 Å². The molecule has 0 heterocycles. The van der Waals surface area contributed by atoms with Crippen LogP contribution in [0.4, 0.5) is 0 Å². The average molecular weight is 221 g/mol. The van der Waals surface area contributed by atoms with Gasteiger partial charge in [-0.1, -0.05) is 56.0 Å². The van der Waals surface area contributed by atoms with E-state index in [0.29, 0.717) is 0 Å². The highest BCUT2D eigenvalue weighted by Crippen LogP contribution is 2.17. The molecule has 1 heteroatoms. The Hall–Kier alpha value is 0.480. The molecule has 0 N–H and O–H groups in total. The van der Waals surface area contributed by atoms with Crippen molar-refractivity contribution in [2.45, 2.75) is 46.5 Å². The Kier molecular flexibility index (Phi) is 7.46. The molecule has 0 aromatic heterocycles. The van der Waals surface area contributed by atoms with E-state index in [9.17, 15) is 0 Å². The number of alkyl halides is 1. The second kappa shape index (κ2) is 7.15. The summed E-state index contributed by atoms with van der Waals surface area (Å²) >= 11 is 3.47. The third kappa shape index (κ3) is 6.86. The summed E-state index contributed by atoms with van der Waals surface area (Å²) in [6.45, 7) is 6.98. The van der Waals surface area contributed by atoms with Crippen LogP contribution in [0.1, 0.15) is 46.5 Å². The van der Waals surface area contributed by atoms with E-state index < -0.39 is 0 Å². The molecule has 0 spiro atoms. The first-order valence-electron chi connectivity index (χ1n) is 4.76. The fraction of sp³-hybridized carbons (Fsp3) is 1.00. The summed E-state index contributed by atoms with van der Waals surface area (Å²) in [6, 6.07) is 0. The van der Waals surface area contributed by atoms with E-state index in [0.717, 1.165) is 17.2 Å². The number of hydrogen-bond donors (Lipinski definition) is 0. The zero-order valence-corrected chi connectivity index (χ0v) is 9.65. The van der Waals surface area contributed by atoms with Gasteiger partial charge in [0.1, 0.15) is 0 Å². The molecule has 0 bridgehead atoms. The van der Waals surface area contributed by atoms with Gasteiger partial charge in [-0.2, -0.15) is 0 Å². The summed E-state index contributed by atoms with van der Waals surface area (Å²) in [4.78, 5) is 0. The van der Waals surface area contributed by atoms with Crippen LogP contribution in [0, 0.1) is 11.8 Å². The highest BCUT2D eigenvalue weighted by Gasteiger charge is 2.03. The molecule has 0 fully saturated rings. The van der Waals surface area contributed by atoms with E-state index in [2.05, 4.69) is 36.7 Å². The summed E-state index contributed by atoms with van der Waals surface area (Å²) < 4.78 is 0.